The molecule has 2 amide bonds. The lowest BCUT2D eigenvalue weighted by Gasteiger charge is -2.19. The first-order valence-electron chi connectivity index (χ1n) is 9.66. The molecule has 7 nitrogen and oxygen atoms in total. The van der Waals surface area contributed by atoms with Crippen LogP contribution < -0.4 is 10.0 Å². The van der Waals surface area contributed by atoms with Crippen molar-refractivity contribution in [1.29, 1.82) is 0 Å². The number of hydrogen-bond acceptors (Lipinski definition) is 4. The van der Waals surface area contributed by atoms with E-state index in [2.05, 4.69) is 26.0 Å². The molecule has 1 saturated carbocycles. The number of carbonyl (C=O) groups is 2. The number of hydrogen-bond donors (Lipinski definition) is 2. The Kier molecular flexibility index (Phi) is 6.95. The minimum absolute atomic E-state index is 0.0238. The Balaban J connectivity index is 1.72. The summed E-state index contributed by atoms with van der Waals surface area (Å²) in [4.78, 5) is 26.6. The minimum Gasteiger partial charge on any atom is -0.332 e. The fourth-order valence-corrected chi connectivity index (χ4v) is 4.70. The van der Waals surface area contributed by atoms with Gasteiger partial charge < -0.3 is 10.2 Å². The first-order chi connectivity index (χ1) is 14.2. The summed E-state index contributed by atoms with van der Waals surface area (Å²) in [6.45, 7) is 1.83. The number of halogens is 1. The van der Waals surface area contributed by atoms with Crippen LogP contribution >= 0.6 is 15.9 Å². The number of carbonyl (C=O) groups excluding carboxylic acids is 2. The lowest BCUT2D eigenvalue weighted by Crippen LogP contribution is -2.35. The van der Waals surface area contributed by atoms with Crippen molar-refractivity contribution in [2.24, 2.45) is 0 Å². The molecule has 1 fully saturated rings. The molecule has 1 aliphatic carbocycles. The first kappa shape index (κ1) is 22.5. The van der Waals surface area contributed by atoms with E-state index in [4.69, 9.17) is 0 Å². The van der Waals surface area contributed by atoms with Gasteiger partial charge in [0, 0.05) is 23.2 Å². The molecule has 0 bridgehead atoms. The maximum atomic E-state index is 12.9. The van der Waals surface area contributed by atoms with Crippen LogP contribution in [-0.4, -0.2) is 44.8 Å². The molecule has 2 N–H and O–H groups in total. The smallest absolute Gasteiger partial charge is 0.255 e. The zero-order chi connectivity index (χ0) is 21.9. The van der Waals surface area contributed by atoms with Gasteiger partial charge in [-0.25, -0.2) is 13.1 Å². The Hall–Kier alpha value is -2.23. The summed E-state index contributed by atoms with van der Waals surface area (Å²) in [7, 11) is -2.18. The lowest BCUT2D eigenvalue weighted by molar-refractivity contribution is -0.116. The van der Waals surface area contributed by atoms with Gasteiger partial charge in [-0.3, -0.25) is 9.59 Å². The van der Waals surface area contributed by atoms with E-state index in [0.717, 1.165) is 24.8 Å². The molecular formula is C21H24BrN3O4S. The molecule has 1 aliphatic rings. The van der Waals surface area contributed by atoms with Crippen molar-refractivity contribution in [3.05, 3.63) is 58.1 Å². The molecule has 0 aromatic heterocycles. The first-order valence-corrected chi connectivity index (χ1v) is 11.9. The highest BCUT2D eigenvalue weighted by molar-refractivity contribution is 9.10. The van der Waals surface area contributed by atoms with E-state index in [-0.39, 0.29) is 29.0 Å². The van der Waals surface area contributed by atoms with Gasteiger partial charge in [0.15, 0.2) is 0 Å². The predicted octanol–water partition coefficient (Wildman–Crippen LogP) is 3.16. The van der Waals surface area contributed by atoms with E-state index in [1.807, 2.05) is 31.2 Å². The summed E-state index contributed by atoms with van der Waals surface area (Å²) in [5, 5.41) is 2.83. The van der Waals surface area contributed by atoms with E-state index < -0.39 is 15.9 Å². The van der Waals surface area contributed by atoms with Crippen LogP contribution in [0.1, 0.15) is 35.7 Å². The molecule has 2 aromatic carbocycles. The molecule has 0 radical (unpaired) electrons. The van der Waals surface area contributed by atoms with Gasteiger partial charge in [-0.2, -0.15) is 0 Å². The average Bonchev–Trinajstić information content (AvgIpc) is 3.51. The highest BCUT2D eigenvalue weighted by Crippen LogP contribution is 2.25. The SMILES string of the molecule is CCc1ccccc1NC(=O)CN(C)C(=O)c1cc(S(=O)(=O)NC2CC2)ccc1Br. The van der Waals surface area contributed by atoms with Crippen LogP contribution in [0.15, 0.2) is 51.8 Å². The second-order valence-corrected chi connectivity index (χ2v) is 9.83. The van der Waals surface area contributed by atoms with Gasteiger partial charge >= 0.3 is 0 Å². The summed E-state index contributed by atoms with van der Waals surface area (Å²) in [5.41, 5.74) is 1.90. The second kappa shape index (κ2) is 9.28. The summed E-state index contributed by atoms with van der Waals surface area (Å²) >= 11 is 3.30. The normalized spacial score (nSPS) is 13.7. The van der Waals surface area contributed by atoms with Crippen LogP contribution in [0.25, 0.3) is 0 Å². The molecule has 0 unspecified atom stereocenters. The van der Waals surface area contributed by atoms with Gasteiger partial charge in [-0.1, -0.05) is 25.1 Å². The molecule has 2 aromatic rings. The molecule has 30 heavy (non-hydrogen) atoms. The fraction of sp³-hybridized carbons (Fsp3) is 0.333. The Labute approximate surface area is 185 Å². The standard InChI is InChI=1S/C21H24BrN3O4S/c1-3-14-6-4-5-7-19(14)23-20(26)13-25(2)21(27)17-12-16(10-11-18(17)22)30(28,29)24-15-8-9-15/h4-7,10-12,15,24H,3,8-9,13H2,1-2H3,(H,23,26). The maximum absolute atomic E-state index is 12.9. The quantitative estimate of drug-likeness (QED) is 0.590. The number of benzene rings is 2. The molecule has 0 spiro atoms. The van der Waals surface area contributed by atoms with Gasteiger partial charge in [-0.15, -0.1) is 0 Å². The largest absolute Gasteiger partial charge is 0.332 e. The van der Waals surface area contributed by atoms with E-state index >= 15 is 0 Å². The van der Waals surface area contributed by atoms with Crippen molar-refractivity contribution in [2.75, 3.05) is 18.9 Å². The van der Waals surface area contributed by atoms with Gasteiger partial charge in [0.1, 0.15) is 0 Å². The molecule has 0 atom stereocenters. The third kappa shape index (κ3) is 5.47. The van der Waals surface area contributed by atoms with E-state index in [1.165, 1.54) is 30.1 Å². The minimum atomic E-state index is -3.69. The van der Waals surface area contributed by atoms with Crippen molar-refractivity contribution >= 4 is 43.5 Å². The molecule has 0 saturated heterocycles. The summed E-state index contributed by atoms with van der Waals surface area (Å²) < 4.78 is 28.0. The van der Waals surface area contributed by atoms with Crippen molar-refractivity contribution in [3.8, 4) is 0 Å². The topological polar surface area (TPSA) is 95.6 Å². The number of para-hydroxylation sites is 1. The highest BCUT2D eigenvalue weighted by Gasteiger charge is 2.29. The predicted molar refractivity (Wildman–Crippen MR) is 119 cm³/mol. The van der Waals surface area contributed by atoms with Crippen molar-refractivity contribution in [3.63, 3.8) is 0 Å². The molecule has 160 valence electrons. The second-order valence-electron chi connectivity index (χ2n) is 7.26. The van der Waals surface area contributed by atoms with Crippen LogP contribution in [-0.2, 0) is 21.2 Å². The van der Waals surface area contributed by atoms with Crippen molar-refractivity contribution in [2.45, 2.75) is 37.1 Å². The molecule has 0 heterocycles. The monoisotopic (exact) mass is 493 g/mol. The van der Waals surface area contributed by atoms with Crippen LogP contribution in [0, 0.1) is 0 Å². The van der Waals surface area contributed by atoms with Gasteiger partial charge in [-0.05, 0) is 65.0 Å². The fourth-order valence-electron chi connectivity index (χ4n) is 2.96. The van der Waals surface area contributed by atoms with E-state index in [1.54, 1.807) is 0 Å². The van der Waals surface area contributed by atoms with Crippen LogP contribution in [0.2, 0.25) is 0 Å². The Morgan fingerprint density at radius 3 is 2.53 bits per heavy atom. The number of amides is 2. The van der Waals surface area contributed by atoms with Gasteiger partial charge in [0.05, 0.1) is 17.0 Å². The summed E-state index contributed by atoms with van der Waals surface area (Å²) in [6, 6.07) is 11.8. The zero-order valence-corrected chi connectivity index (χ0v) is 19.2. The average molecular weight is 494 g/mol. The highest BCUT2D eigenvalue weighted by atomic mass is 79.9. The van der Waals surface area contributed by atoms with Crippen LogP contribution in [0.4, 0.5) is 5.69 Å². The van der Waals surface area contributed by atoms with E-state index in [9.17, 15) is 18.0 Å². The summed E-state index contributed by atoms with van der Waals surface area (Å²) in [5.74, 6) is -0.786. The molecule has 9 heteroatoms. The number of rotatable bonds is 8. The Bertz CT molecular complexity index is 1070. The summed E-state index contributed by atoms with van der Waals surface area (Å²) in [6.07, 6.45) is 2.41. The molecule has 3 rings (SSSR count). The Morgan fingerprint density at radius 1 is 1.17 bits per heavy atom. The van der Waals surface area contributed by atoms with E-state index in [0.29, 0.717) is 10.2 Å². The third-order valence-electron chi connectivity index (χ3n) is 4.78. The number of anilines is 1. The maximum Gasteiger partial charge on any atom is 0.255 e. The molecule has 0 aliphatic heterocycles. The Morgan fingerprint density at radius 2 is 1.87 bits per heavy atom. The van der Waals surface area contributed by atoms with Gasteiger partial charge in [0.25, 0.3) is 5.91 Å². The van der Waals surface area contributed by atoms with Crippen molar-refractivity contribution in [1.82, 2.24) is 9.62 Å². The van der Waals surface area contributed by atoms with Crippen LogP contribution in [0.5, 0.6) is 0 Å². The number of nitrogens with one attached hydrogen (secondary N) is 2. The lowest BCUT2D eigenvalue weighted by atomic mass is 10.1. The number of aryl methyl sites for hydroxylation is 1. The molecular weight excluding hydrogens is 470 g/mol. The van der Waals surface area contributed by atoms with Crippen molar-refractivity contribution < 1.29 is 18.0 Å². The third-order valence-corrected chi connectivity index (χ3v) is 6.99. The number of sulfonamides is 1. The zero-order valence-electron chi connectivity index (χ0n) is 16.8. The number of likely N-dealkylation sites (N-methyl/N-ethyl adjacent to an activating group) is 1. The van der Waals surface area contributed by atoms with Crippen LogP contribution in [0.3, 0.4) is 0 Å². The number of nitrogens with zero attached hydrogens (tertiary/aromatic N) is 1. The van der Waals surface area contributed by atoms with Gasteiger partial charge in [0.2, 0.25) is 15.9 Å².